The molecule has 1 rings (SSSR count). The summed E-state index contributed by atoms with van der Waals surface area (Å²) in [4.78, 5) is 13.7. The standard InChI is InChI=1S/C16H26N2O2/c1-2-3-4-8-11-17-16(20)18(12-13-19)14-15-9-6-5-7-10-15/h5-7,9-10,19H,2-4,8,11-14H2,1H3,(H,17,20). The number of rotatable bonds is 9. The molecule has 4 nitrogen and oxygen atoms in total. The molecular weight excluding hydrogens is 252 g/mol. The van der Waals surface area contributed by atoms with Gasteiger partial charge in [-0.2, -0.15) is 0 Å². The van der Waals surface area contributed by atoms with Crippen molar-refractivity contribution < 1.29 is 9.90 Å². The number of aliphatic hydroxyl groups is 1. The summed E-state index contributed by atoms with van der Waals surface area (Å²) >= 11 is 0. The van der Waals surface area contributed by atoms with Crippen LogP contribution in [0.1, 0.15) is 38.2 Å². The van der Waals surface area contributed by atoms with E-state index < -0.39 is 0 Å². The molecule has 2 amide bonds. The minimum absolute atomic E-state index is 0.0178. The number of urea groups is 1. The largest absolute Gasteiger partial charge is 0.395 e. The van der Waals surface area contributed by atoms with Gasteiger partial charge in [0.15, 0.2) is 0 Å². The lowest BCUT2D eigenvalue weighted by Crippen LogP contribution is -2.41. The summed E-state index contributed by atoms with van der Waals surface area (Å²) in [5, 5.41) is 12.0. The summed E-state index contributed by atoms with van der Waals surface area (Å²) in [6.07, 6.45) is 4.56. The fraction of sp³-hybridized carbons (Fsp3) is 0.562. The Morgan fingerprint density at radius 2 is 1.95 bits per heavy atom. The van der Waals surface area contributed by atoms with Crippen LogP contribution in [-0.4, -0.2) is 35.7 Å². The molecule has 2 N–H and O–H groups in total. The van der Waals surface area contributed by atoms with Gasteiger partial charge in [0.2, 0.25) is 0 Å². The van der Waals surface area contributed by atoms with E-state index in [4.69, 9.17) is 5.11 Å². The number of nitrogens with zero attached hydrogens (tertiary/aromatic N) is 1. The van der Waals surface area contributed by atoms with Gasteiger partial charge >= 0.3 is 6.03 Å². The lowest BCUT2D eigenvalue weighted by atomic mass is 10.2. The molecule has 112 valence electrons. The molecule has 0 saturated heterocycles. The van der Waals surface area contributed by atoms with Crippen molar-refractivity contribution in [1.82, 2.24) is 10.2 Å². The van der Waals surface area contributed by atoms with Crippen LogP contribution in [0.25, 0.3) is 0 Å². The fourth-order valence-corrected chi connectivity index (χ4v) is 2.04. The van der Waals surface area contributed by atoms with Crippen LogP contribution in [0, 0.1) is 0 Å². The number of benzene rings is 1. The first-order chi connectivity index (χ1) is 9.77. The van der Waals surface area contributed by atoms with Crippen molar-refractivity contribution in [3.63, 3.8) is 0 Å². The highest BCUT2D eigenvalue weighted by Crippen LogP contribution is 2.04. The van der Waals surface area contributed by atoms with Gasteiger partial charge in [-0.25, -0.2) is 4.79 Å². The summed E-state index contributed by atoms with van der Waals surface area (Å²) in [7, 11) is 0. The number of nitrogens with one attached hydrogen (secondary N) is 1. The van der Waals surface area contributed by atoms with E-state index in [9.17, 15) is 4.79 Å². The minimum atomic E-state index is -0.0978. The zero-order chi connectivity index (χ0) is 14.6. The van der Waals surface area contributed by atoms with E-state index in [1.165, 1.54) is 12.8 Å². The van der Waals surface area contributed by atoms with Crippen LogP contribution in [0.5, 0.6) is 0 Å². The van der Waals surface area contributed by atoms with Crippen LogP contribution in [0.2, 0.25) is 0 Å². The number of aliphatic hydroxyl groups excluding tert-OH is 1. The third kappa shape index (κ3) is 6.57. The zero-order valence-corrected chi connectivity index (χ0v) is 12.3. The Hall–Kier alpha value is -1.55. The van der Waals surface area contributed by atoms with E-state index in [1.54, 1.807) is 4.90 Å². The molecule has 0 fully saturated rings. The summed E-state index contributed by atoms with van der Waals surface area (Å²) in [6, 6.07) is 9.73. The van der Waals surface area contributed by atoms with Crippen molar-refractivity contribution in [3.05, 3.63) is 35.9 Å². The maximum atomic E-state index is 12.1. The van der Waals surface area contributed by atoms with Gasteiger partial charge in [-0.05, 0) is 12.0 Å². The minimum Gasteiger partial charge on any atom is -0.395 e. The lowest BCUT2D eigenvalue weighted by molar-refractivity contribution is 0.174. The third-order valence-electron chi connectivity index (χ3n) is 3.18. The van der Waals surface area contributed by atoms with Crippen LogP contribution in [-0.2, 0) is 6.54 Å². The summed E-state index contributed by atoms with van der Waals surface area (Å²) < 4.78 is 0. The Balaban J connectivity index is 2.38. The van der Waals surface area contributed by atoms with Gasteiger partial charge in [0.25, 0.3) is 0 Å². The molecule has 0 radical (unpaired) electrons. The van der Waals surface area contributed by atoms with Crippen molar-refractivity contribution in [2.75, 3.05) is 19.7 Å². The quantitative estimate of drug-likeness (QED) is 0.682. The van der Waals surface area contributed by atoms with Crippen molar-refractivity contribution in [2.45, 2.75) is 39.2 Å². The van der Waals surface area contributed by atoms with Crippen LogP contribution >= 0.6 is 0 Å². The molecule has 0 aliphatic carbocycles. The monoisotopic (exact) mass is 278 g/mol. The van der Waals surface area contributed by atoms with E-state index in [0.717, 1.165) is 18.4 Å². The van der Waals surface area contributed by atoms with E-state index in [-0.39, 0.29) is 12.6 Å². The third-order valence-corrected chi connectivity index (χ3v) is 3.18. The second-order valence-electron chi connectivity index (χ2n) is 4.92. The number of hydrogen-bond acceptors (Lipinski definition) is 2. The predicted molar refractivity (Wildman–Crippen MR) is 81.5 cm³/mol. The van der Waals surface area contributed by atoms with Gasteiger partial charge < -0.3 is 15.3 Å². The molecule has 0 spiro atoms. The topological polar surface area (TPSA) is 52.6 Å². The average Bonchev–Trinajstić information content (AvgIpc) is 2.47. The molecule has 20 heavy (non-hydrogen) atoms. The summed E-state index contributed by atoms with van der Waals surface area (Å²) in [6.45, 7) is 3.74. The second kappa shape index (κ2) is 10.3. The highest BCUT2D eigenvalue weighted by Gasteiger charge is 2.12. The van der Waals surface area contributed by atoms with Gasteiger partial charge in [0, 0.05) is 19.6 Å². The van der Waals surface area contributed by atoms with Crippen LogP contribution < -0.4 is 5.32 Å². The van der Waals surface area contributed by atoms with Gasteiger partial charge in [-0.15, -0.1) is 0 Å². The Morgan fingerprint density at radius 3 is 2.60 bits per heavy atom. The fourth-order valence-electron chi connectivity index (χ4n) is 2.04. The number of unbranched alkanes of at least 4 members (excludes halogenated alkanes) is 3. The average molecular weight is 278 g/mol. The van der Waals surface area contributed by atoms with E-state index in [1.807, 2.05) is 30.3 Å². The van der Waals surface area contributed by atoms with E-state index in [0.29, 0.717) is 19.6 Å². The second-order valence-corrected chi connectivity index (χ2v) is 4.92. The highest BCUT2D eigenvalue weighted by atomic mass is 16.3. The molecule has 0 unspecified atom stereocenters. The van der Waals surface area contributed by atoms with Gasteiger partial charge in [-0.3, -0.25) is 0 Å². The number of amides is 2. The Labute approximate surface area is 121 Å². The Bertz CT molecular complexity index is 368. The summed E-state index contributed by atoms with van der Waals surface area (Å²) in [5.74, 6) is 0. The highest BCUT2D eigenvalue weighted by molar-refractivity contribution is 5.74. The first kappa shape index (κ1) is 16.5. The zero-order valence-electron chi connectivity index (χ0n) is 12.3. The Morgan fingerprint density at radius 1 is 1.20 bits per heavy atom. The predicted octanol–water partition coefficient (Wildman–Crippen LogP) is 2.77. The van der Waals surface area contributed by atoms with Crippen LogP contribution in [0.3, 0.4) is 0 Å². The summed E-state index contributed by atoms with van der Waals surface area (Å²) in [5.41, 5.74) is 1.07. The number of hydrogen-bond donors (Lipinski definition) is 2. The lowest BCUT2D eigenvalue weighted by Gasteiger charge is -2.22. The van der Waals surface area contributed by atoms with Crippen molar-refractivity contribution >= 4 is 6.03 Å². The molecule has 1 aromatic carbocycles. The van der Waals surface area contributed by atoms with Crippen LogP contribution in [0.15, 0.2) is 30.3 Å². The smallest absolute Gasteiger partial charge is 0.317 e. The van der Waals surface area contributed by atoms with Gasteiger partial charge in [0.05, 0.1) is 6.61 Å². The van der Waals surface area contributed by atoms with E-state index >= 15 is 0 Å². The Kier molecular flexibility index (Phi) is 8.47. The maximum Gasteiger partial charge on any atom is 0.317 e. The molecule has 4 heteroatoms. The molecule has 0 aliphatic heterocycles. The van der Waals surface area contributed by atoms with Crippen LogP contribution in [0.4, 0.5) is 4.79 Å². The number of carbonyl (C=O) groups excluding carboxylic acids is 1. The maximum absolute atomic E-state index is 12.1. The van der Waals surface area contributed by atoms with Gasteiger partial charge in [0.1, 0.15) is 0 Å². The first-order valence-electron chi connectivity index (χ1n) is 7.45. The molecule has 1 aromatic rings. The van der Waals surface area contributed by atoms with Crippen molar-refractivity contribution in [3.8, 4) is 0 Å². The normalized spacial score (nSPS) is 10.3. The molecule has 0 aliphatic rings. The molecular formula is C16H26N2O2. The molecule has 0 saturated carbocycles. The molecule has 0 aromatic heterocycles. The molecule has 0 heterocycles. The molecule has 0 bridgehead atoms. The van der Waals surface area contributed by atoms with E-state index in [2.05, 4.69) is 12.2 Å². The number of carbonyl (C=O) groups is 1. The molecule has 0 atom stereocenters. The van der Waals surface area contributed by atoms with Crippen molar-refractivity contribution in [2.24, 2.45) is 0 Å². The van der Waals surface area contributed by atoms with Gasteiger partial charge in [-0.1, -0.05) is 56.5 Å². The first-order valence-corrected chi connectivity index (χ1v) is 7.45. The van der Waals surface area contributed by atoms with Crippen molar-refractivity contribution in [1.29, 1.82) is 0 Å². The SMILES string of the molecule is CCCCCCNC(=O)N(CCO)Cc1ccccc1.